The second kappa shape index (κ2) is 5.37. The van der Waals surface area contributed by atoms with Crippen LogP contribution in [0.5, 0.6) is 0 Å². The Morgan fingerprint density at radius 3 is 2.95 bits per heavy atom. The van der Waals surface area contributed by atoms with Crippen molar-refractivity contribution in [1.29, 1.82) is 0 Å². The molecule has 0 radical (unpaired) electrons. The summed E-state index contributed by atoms with van der Waals surface area (Å²) in [7, 11) is 0. The van der Waals surface area contributed by atoms with Crippen molar-refractivity contribution in [3.05, 3.63) is 40.2 Å². The lowest BCUT2D eigenvalue weighted by Crippen LogP contribution is -2.26. The molecule has 110 valence electrons. The lowest BCUT2D eigenvalue weighted by molar-refractivity contribution is -0.254. The number of hydrogen-bond acceptors (Lipinski definition) is 5. The summed E-state index contributed by atoms with van der Waals surface area (Å²) in [4.78, 5) is 24.5. The lowest BCUT2D eigenvalue weighted by Gasteiger charge is -2.19. The number of aromatic carboxylic acids is 1. The molecule has 0 aromatic carbocycles. The number of furan rings is 1. The summed E-state index contributed by atoms with van der Waals surface area (Å²) in [6.45, 7) is 2.14. The molecule has 0 saturated heterocycles. The van der Waals surface area contributed by atoms with Crippen LogP contribution in [0, 0.1) is 5.92 Å². The lowest BCUT2D eigenvalue weighted by atomic mass is 9.88. The van der Waals surface area contributed by atoms with Gasteiger partial charge < -0.3 is 19.6 Å². The molecule has 5 nitrogen and oxygen atoms in total. The van der Waals surface area contributed by atoms with Gasteiger partial charge in [-0.2, -0.15) is 0 Å². The predicted molar refractivity (Wildman–Crippen MR) is 76.5 cm³/mol. The SMILES string of the molecule is C[C@@H]1CCc2c(sc(NC(=O)c3ccco3)c2C(=O)[O-])C1. The zero-order chi connectivity index (χ0) is 15.0. The quantitative estimate of drug-likeness (QED) is 0.941. The first-order valence-electron chi connectivity index (χ1n) is 6.77. The highest BCUT2D eigenvalue weighted by atomic mass is 32.1. The van der Waals surface area contributed by atoms with Crippen LogP contribution in [0.3, 0.4) is 0 Å². The summed E-state index contributed by atoms with van der Waals surface area (Å²) in [5.74, 6) is -1.01. The number of thiophene rings is 1. The molecule has 0 spiro atoms. The third-order valence-corrected chi connectivity index (χ3v) is 4.86. The number of carboxylic acids is 1. The maximum atomic E-state index is 12.0. The molecule has 1 atom stereocenters. The number of anilines is 1. The van der Waals surface area contributed by atoms with Crippen LogP contribution in [-0.2, 0) is 12.8 Å². The van der Waals surface area contributed by atoms with E-state index in [9.17, 15) is 14.7 Å². The Hall–Kier alpha value is -2.08. The van der Waals surface area contributed by atoms with Crippen molar-refractivity contribution < 1.29 is 19.1 Å². The Kier molecular flexibility index (Phi) is 3.55. The smallest absolute Gasteiger partial charge is 0.291 e. The Labute approximate surface area is 125 Å². The molecule has 2 aromatic rings. The van der Waals surface area contributed by atoms with Crippen molar-refractivity contribution in [2.24, 2.45) is 5.92 Å². The topological polar surface area (TPSA) is 82.4 Å². The van der Waals surface area contributed by atoms with Crippen molar-refractivity contribution in [1.82, 2.24) is 0 Å². The molecule has 3 rings (SSSR count). The van der Waals surface area contributed by atoms with Gasteiger partial charge in [0.15, 0.2) is 5.76 Å². The van der Waals surface area contributed by atoms with Crippen LogP contribution in [0.1, 0.15) is 44.7 Å². The van der Waals surface area contributed by atoms with E-state index in [1.54, 1.807) is 6.07 Å². The molecule has 2 heterocycles. The molecule has 0 unspecified atom stereocenters. The summed E-state index contributed by atoms with van der Waals surface area (Å²) in [5, 5.41) is 14.4. The van der Waals surface area contributed by atoms with Gasteiger partial charge in [-0.1, -0.05) is 6.92 Å². The van der Waals surface area contributed by atoms with Crippen LogP contribution >= 0.6 is 11.3 Å². The van der Waals surface area contributed by atoms with Crippen LogP contribution in [0.25, 0.3) is 0 Å². The Bertz CT molecular complexity index is 687. The summed E-state index contributed by atoms with van der Waals surface area (Å²) in [6, 6.07) is 3.14. The maximum absolute atomic E-state index is 12.0. The van der Waals surface area contributed by atoms with Gasteiger partial charge in [0.25, 0.3) is 5.91 Å². The normalized spacial score (nSPS) is 17.3. The van der Waals surface area contributed by atoms with Gasteiger partial charge in [-0.15, -0.1) is 11.3 Å². The van der Waals surface area contributed by atoms with Crippen LogP contribution < -0.4 is 10.4 Å². The molecule has 1 aliphatic rings. The molecule has 1 aliphatic carbocycles. The second-order valence-corrected chi connectivity index (χ2v) is 6.38. The molecule has 1 amide bonds. The number of hydrogen-bond donors (Lipinski definition) is 1. The van der Waals surface area contributed by atoms with E-state index >= 15 is 0 Å². The number of carboxylic acid groups (broad SMARTS) is 1. The van der Waals surface area contributed by atoms with Gasteiger partial charge >= 0.3 is 0 Å². The van der Waals surface area contributed by atoms with Crippen molar-refractivity contribution >= 4 is 28.2 Å². The fraction of sp³-hybridized carbons (Fsp3) is 0.333. The fourth-order valence-corrected chi connectivity index (χ4v) is 4.02. The predicted octanol–water partition coefficient (Wildman–Crippen LogP) is 2.08. The first kappa shape index (κ1) is 13.9. The largest absolute Gasteiger partial charge is 0.545 e. The zero-order valence-corrected chi connectivity index (χ0v) is 12.3. The molecule has 1 N–H and O–H groups in total. The minimum Gasteiger partial charge on any atom is -0.545 e. The minimum atomic E-state index is -1.24. The number of carbonyl (C=O) groups is 2. The van der Waals surface area contributed by atoms with Gasteiger partial charge in [0.2, 0.25) is 0 Å². The Morgan fingerprint density at radius 2 is 2.29 bits per heavy atom. The first-order chi connectivity index (χ1) is 10.1. The molecule has 0 fully saturated rings. The third kappa shape index (κ3) is 2.58. The monoisotopic (exact) mass is 304 g/mol. The highest BCUT2D eigenvalue weighted by molar-refractivity contribution is 7.17. The van der Waals surface area contributed by atoms with Crippen LogP contribution in [0.15, 0.2) is 22.8 Å². The summed E-state index contributed by atoms with van der Waals surface area (Å²) < 4.78 is 5.02. The van der Waals surface area contributed by atoms with Crippen LogP contribution in [0.4, 0.5) is 5.00 Å². The average Bonchev–Trinajstić information content (AvgIpc) is 3.04. The first-order valence-corrected chi connectivity index (χ1v) is 7.58. The molecule has 0 aliphatic heterocycles. The van der Waals surface area contributed by atoms with E-state index in [1.807, 2.05) is 0 Å². The van der Waals surface area contributed by atoms with Crippen molar-refractivity contribution in [2.45, 2.75) is 26.2 Å². The second-order valence-electron chi connectivity index (χ2n) is 5.27. The molecular formula is C15H14NO4S-. The van der Waals surface area contributed by atoms with E-state index in [4.69, 9.17) is 4.42 Å². The van der Waals surface area contributed by atoms with E-state index in [2.05, 4.69) is 12.2 Å². The standard InChI is InChI=1S/C15H15NO4S/c1-8-4-5-9-11(7-8)21-14(12(9)15(18)19)16-13(17)10-3-2-6-20-10/h2-3,6,8H,4-5,7H2,1H3,(H,16,17)(H,18,19)/p-1/t8-/m1/s1. The Morgan fingerprint density at radius 1 is 1.48 bits per heavy atom. The molecule has 6 heteroatoms. The van der Waals surface area contributed by atoms with Crippen LogP contribution in [-0.4, -0.2) is 11.9 Å². The van der Waals surface area contributed by atoms with Gasteiger partial charge in [0.05, 0.1) is 12.2 Å². The van der Waals surface area contributed by atoms with Gasteiger partial charge in [-0.05, 0) is 42.9 Å². The number of carbonyl (C=O) groups excluding carboxylic acids is 2. The average molecular weight is 304 g/mol. The van der Waals surface area contributed by atoms with E-state index < -0.39 is 11.9 Å². The minimum absolute atomic E-state index is 0.127. The maximum Gasteiger partial charge on any atom is 0.291 e. The molecule has 0 saturated carbocycles. The zero-order valence-electron chi connectivity index (χ0n) is 11.5. The van der Waals surface area contributed by atoms with E-state index in [0.29, 0.717) is 17.3 Å². The van der Waals surface area contributed by atoms with Gasteiger partial charge in [0, 0.05) is 10.4 Å². The highest BCUT2D eigenvalue weighted by Crippen LogP contribution is 2.39. The van der Waals surface area contributed by atoms with E-state index in [0.717, 1.165) is 23.3 Å². The fourth-order valence-electron chi connectivity index (χ4n) is 2.63. The number of amides is 1. The highest BCUT2D eigenvalue weighted by Gasteiger charge is 2.25. The van der Waals surface area contributed by atoms with E-state index in [1.165, 1.54) is 23.7 Å². The molecule has 0 bridgehead atoms. The summed E-state index contributed by atoms with van der Waals surface area (Å²) in [5.41, 5.74) is 0.939. The van der Waals surface area contributed by atoms with Gasteiger partial charge in [0.1, 0.15) is 5.00 Å². The summed E-state index contributed by atoms with van der Waals surface area (Å²) >= 11 is 1.33. The van der Waals surface area contributed by atoms with Gasteiger partial charge in [-0.3, -0.25) is 4.79 Å². The molecule has 2 aromatic heterocycles. The summed E-state index contributed by atoms with van der Waals surface area (Å²) in [6.07, 6.45) is 3.91. The molecule has 21 heavy (non-hydrogen) atoms. The number of fused-ring (bicyclic) bond motifs is 1. The van der Waals surface area contributed by atoms with Crippen molar-refractivity contribution in [3.8, 4) is 0 Å². The van der Waals surface area contributed by atoms with Crippen molar-refractivity contribution in [3.63, 3.8) is 0 Å². The Balaban J connectivity index is 1.95. The molecular weight excluding hydrogens is 290 g/mol. The third-order valence-electron chi connectivity index (χ3n) is 3.69. The van der Waals surface area contributed by atoms with Gasteiger partial charge in [-0.25, -0.2) is 0 Å². The van der Waals surface area contributed by atoms with Crippen LogP contribution in [0.2, 0.25) is 0 Å². The van der Waals surface area contributed by atoms with Crippen molar-refractivity contribution in [2.75, 3.05) is 5.32 Å². The number of rotatable bonds is 3. The number of nitrogens with one attached hydrogen (secondary N) is 1. The van der Waals surface area contributed by atoms with E-state index in [-0.39, 0.29) is 11.3 Å².